The maximum Gasteiger partial charge on any atom is 0.228 e. The van der Waals surface area contributed by atoms with Crippen LogP contribution in [0.2, 0.25) is 0 Å². The fourth-order valence-corrected chi connectivity index (χ4v) is 4.68. The van der Waals surface area contributed by atoms with Crippen molar-refractivity contribution in [3.63, 3.8) is 0 Å². The fraction of sp³-hybridized carbons (Fsp3) is 0.316. The fourth-order valence-electron chi connectivity index (χ4n) is 3.04. The van der Waals surface area contributed by atoms with E-state index >= 15 is 0 Å². The molecule has 0 bridgehead atoms. The number of carbonyl (C=O) groups is 1. The minimum Gasteiger partial charge on any atom is -0.312 e. The maximum absolute atomic E-state index is 12.6. The monoisotopic (exact) mass is 421 g/mol. The third-order valence-corrected chi connectivity index (χ3v) is 6.65. The second kappa shape index (κ2) is 7.30. The Morgan fingerprint density at radius 3 is 2.60 bits per heavy atom. The van der Waals surface area contributed by atoms with Gasteiger partial charge in [-0.2, -0.15) is 0 Å². The summed E-state index contributed by atoms with van der Waals surface area (Å²) in [6.45, 7) is 2.55. The molecule has 1 heterocycles. The Bertz CT molecular complexity index is 891. The normalized spacial score (nSPS) is 14.2. The summed E-state index contributed by atoms with van der Waals surface area (Å²) < 4.78 is 25.9. The van der Waals surface area contributed by atoms with Gasteiger partial charge in [0.25, 0.3) is 0 Å². The molecule has 1 amide bonds. The van der Waals surface area contributed by atoms with E-state index in [9.17, 15) is 13.2 Å². The van der Waals surface area contributed by atoms with Gasteiger partial charge in [0.1, 0.15) is 0 Å². The zero-order chi connectivity index (χ0) is 18.0. The van der Waals surface area contributed by atoms with Crippen molar-refractivity contribution in [3.8, 4) is 0 Å². The SMILES string of the molecule is Cc1ccc(S(=O)(=O)CCC(=O)N2CCCc3cc(Br)ccc32)cc1. The summed E-state index contributed by atoms with van der Waals surface area (Å²) in [6.07, 6.45) is 1.81. The van der Waals surface area contributed by atoms with E-state index < -0.39 is 9.84 Å². The van der Waals surface area contributed by atoms with Gasteiger partial charge in [-0.15, -0.1) is 0 Å². The minimum atomic E-state index is -3.45. The zero-order valence-electron chi connectivity index (χ0n) is 14.0. The molecule has 0 spiro atoms. The van der Waals surface area contributed by atoms with Crippen LogP contribution in [0.15, 0.2) is 51.8 Å². The molecular formula is C19H20BrNO3S. The molecule has 0 saturated carbocycles. The highest BCUT2D eigenvalue weighted by Gasteiger charge is 2.24. The second-order valence-electron chi connectivity index (χ2n) is 6.30. The quantitative estimate of drug-likeness (QED) is 0.751. The van der Waals surface area contributed by atoms with Gasteiger partial charge in [-0.3, -0.25) is 4.79 Å². The van der Waals surface area contributed by atoms with Crippen LogP contribution in [0.1, 0.15) is 24.0 Å². The van der Waals surface area contributed by atoms with E-state index in [0.29, 0.717) is 6.54 Å². The van der Waals surface area contributed by atoms with E-state index in [1.807, 2.05) is 25.1 Å². The molecule has 1 aliphatic rings. The lowest BCUT2D eigenvalue weighted by Crippen LogP contribution is -2.36. The van der Waals surface area contributed by atoms with E-state index in [1.54, 1.807) is 29.2 Å². The van der Waals surface area contributed by atoms with Crippen molar-refractivity contribution in [2.45, 2.75) is 31.1 Å². The smallest absolute Gasteiger partial charge is 0.228 e. The van der Waals surface area contributed by atoms with Crippen LogP contribution in [0.4, 0.5) is 5.69 Å². The Kier molecular flexibility index (Phi) is 5.29. The summed E-state index contributed by atoms with van der Waals surface area (Å²) in [4.78, 5) is 14.6. The number of amides is 1. The van der Waals surface area contributed by atoms with Crippen molar-refractivity contribution in [3.05, 3.63) is 58.1 Å². The Morgan fingerprint density at radius 2 is 1.88 bits per heavy atom. The first-order valence-electron chi connectivity index (χ1n) is 8.25. The molecule has 0 aliphatic carbocycles. The van der Waals surface area contributed by atoms with Gasteiger partial charge in [-0.1, -0.05) is 33.6 Å². The van der Waals surface area contributed by atoms with Crippen LogP contribution in [0.3, 0.4) is 0 Å². The van der Waals surface area contributed by atoms with Crippen LogP contribution in [0.25, 0.3) is 0 Å². The number of aryl methyl sites for hydroxylation is 2. The number of sulfone groups is 1. The van der Waals surface area contributed by atoms with Crippen molar-refractivity contribution >= 4 is 37.4 Å². The highest BCUT2D eigenvalue weighted by molar-refractivity contribution is 9.10. The molecule has 0 unspecified atom stereocenters. The van der Waals surface area contributed by atoms with E-state index in [0.717, 1.165) is 34.1 Å². The summed E-state index contributed by atoms with van der Waals surface area (Å²) in [5, 5.41) is 0. The molecular weight excluding hydrogens is 402 g/mol. The highest BCUT2D eigenvalue weighted by Crippen LogP contribution is 2.30. The van der Waals surface area contributed by atoms with Gasteiger partial charge in [0, 0.05) is 23.1 Å². The van der Waals surface area contributed by atoms with E-state index in [2.05, 4.69) is 15.9 Å². The molecule has 0 radical (unpaired) electrons. The molecule has 2 aromatic rings. The van der Waals surface area contributed by atoms with Crippen LogP contribution in [0.5, 0.6) is 0 Å². The number of rotatable bonds is 4. The van der Waals surface area contributed by atoms with E-state index in [-0.39, 0.29) is 23.0 Å². The number of fused-ring (bicyclic) bond motifs is 1. The third-order valence-electron chi connectivity index (χ3n) is 4.43. The topological polar surface area (TPSA) is 54.5 Å². The summed E-state index contributed by atoms with van der Waals surface area (Å²) >= 11 is 3.45. The van der Waals surface area contributed by atoms with Crippen molar-refractivity contribution in [1.82, 2.24) is 0 Å². The maximum atomic E-state index is 12.6. The number of anilines is 1. The first-order valence-corrected chi connectivity index (χ1v) is 10.7. The molecule has 132 valence electrons. The van der Waals surface area contributed by atoms with Crippen molar-refractivity contribution in [2.75, 3.05) is 17.2 Å². The molecule has 4 nitrogen and oxygen atoms in total. The van der Waals surface area contributed by atoms with Gasteiger partial charge in [0.05, 0.1) is 10.6 Å². The predicted molar refractivity (Wildman–Crippen MR) is 103 cm³/mol. The summed E-state index contributed by atoms with van der Waals surface area (Å²) in [7, 11) is -3.45. The summed E-state index contributed by atoms with van der Waals surface area (Å²) in [5.41, 5.74) is 3.02. The highest BCUT2D eigenvalue weighted by atomic mass is 79.9. The average Bonchev–Trinajstić information content (AvgIpc) is 2.59. The molecule has 3 rings (SSSR count). The van der Waals surface area contributed by atoms with Gasteiger partial charge in [-0.25, -0.2) is 8.42 Å². The number of hydrogen-bond acceptors (Lipinski definition) is 3. The van der Waals surface area contributed by atoms with Crippen LogP contribution in [-0.2, 0) is 21.1 Å². The summed E-state index contributed by atoms with van der Waals surface area (Å²) in [6, 6.07) is 12.6. The van der Waals surface area contributed by atoms with E-state index in [4.69, 9.17) is 0 Å². The molecule has 0 saturated heterocycles. The lowest BCUT2D eigenvalue weighted by molar-refractivity contribution is -0.118. The van der Waals surface area contributed by atoms with Gasteiger partial charge < -0.3 is 4.90 Å². The second-order valence-corrected chi connectivity index (χ2v) is 9.33. The standard InChI is InChI=1S/C19H20BrNO3S/c1-14-4-7-17(8-5-14)25(23,24)12-10-19(22)21-11-2-3-15-13-16(20)6-9-18(15)21/h4-9,13H,2-3,10-12H2,1H3. The van der Waals surface area contributed by atoms with Gasteiger partial charge in [-0.05, 0) is 55.7 Å². The predicted octanol–water partition coefficient (Wildman–Crippen LogP) is 3.90. The van der Waals surface area contributed by atoms with Crippen LogP contribution < -0.4 is 4.90 Å². The lowest BCUT2D eigenvalue weighted by atomic mass is 10.0. The molecule has 0 atom stereocenters. The zero-order valence-corrected chi connectivity index (χ0v) is 16.4. The third kappa shape index (κ3) is 4.12. The van der Waals surface area contributed by atoms with Crippen molar-refractivity contribution in [1.29, 1.82) is 0 Å². The molecule has 25 heavy (non-hydrogen) atoms. The Hall–Kier alpha value is -1.66. The van der Waals surface area contributed by atoms with Crippen LogP contribution in [-0.4, -0.2) is 26.6 Å². The first-order chi connectivity index (χ1) is 11.9. The van der Waals surface area contributed by atoms with Gasteiger partial charge in [0.2, 0.25) is 5.91 Å². The Balaban J connectivity index is 1.72. The lowest BCUT2D eigenvalue weighted by Gasteiger charge is -2.29. The average molecular weight is 422 g/mol. The number of nitrogens with zero attached hydrogens (tertiary/aromatic N) is 1. The molecule has 0 aromatic heterocycles. The molecule has 1 aliphatic heterocycles. The van der Waals surface area contributed by atoms with E-state index in [1.165, 1.54) is 0 Å². The number of carbonyl (C=O) groups excluding carboxylic acids is 1. The molecule has 0 fully saturated rings. The van der Waals surface area contributed by atoms with Crippen molar-refractivity contribution in [2.24, 2.45) is 0 Å². The Morgan fingerprint density at radius 1 is 1.16 bits per heavy atom. The summed E-state index contributed by atoms with van der Waals surface area (Å²) in [5.74, 6) is -0.309. The first kappa shape index (κ1) is 18.1. The molecule has 2 aromatic carbocycles. The van der Waals surface area contributed by atoms with Gasteiger partial charge in [0.15, 0.2) is 9.84 Å². The number of benzene rings is 2. The number of hydrogen-bond donors (Lipinski definition) is 0. The molecule has 6 heteroatoms. The van der Waals surface area contributed by atoms with Gasteiger partial charge >= 0.3 is 0 Å². The van der Waals surface area contributed by atoms with Crippen LogP contribution >= 0.6 is 15.9 Å². The van der Waals surface area contributed by atoms with Crippen LogP contribution in [0, 0.1) is 6.92 Å². The largest absolute Gasteiger partial charge is 0.312 e. The molecule has 0 N–H and O–H groups in total. The van der Waals surface area contributed by atoms with Crippen molar-refractivity contribution < 1.29 is 13.2 Å². The number of halogens is 1. The minimum absolute atomic E-state index is 0.00822. The Labute approximate surface area is 156 Å².